The van der Waals surface area contributed by atoms with Gasteiger partial charge in [-0.25, -0.2) is 0 Å². The third-order valence-electron chi connectivity index (χ3n) is 8.68. The standard InChI is InChI=1S/C40H25N3/c1-2-13-34-31(10-1)36-25-29(20-21-35(36)40-39(34)41-22-23-42-40)27-18-16-26(17-19-27)28-8-7-9-30(24-28)43-37-14-5-3-11-32(37)33-12-4-6-15-38(33)43/h1-25H. The van der Waals surface area contributed by atoms with Gasteiger partial charge in [-0.3, -0.25) is 9.97 Å². The third kappa shape index (κ3) is 3.68. The second-order valence-electron chi connectivity index (χ2n) is 11.1. The molecular weight excluding hydrogens is 522 g/mol. The highest BCUT2D eigenvalue weighted by molar-refractivity contribution is 6.23. The van der Waals surface area contributed by atoms with E-state index in [9.17, 15) is 0 Å². The molecule has 3 heteroatoms. The van der Waals surface area contributed by atoms with Crippen LogP contribution in [-0.4, -0.2) is 14.5 Å². The van der Waals surface area contributed by atoms with Crippen LogP contribution in [0.3, 0.4) is 0 Å². The van der Waals surface area contributed by atoms with Crippen molar-refractivity contribution in [1.29, 1.82) is 0 Å². The topological polar surface area (TPSA) is 30.7 Å². The van der Waals surface area contributed by atoms with Crippen LogP contribution in [-0.2, 0) is 0 Å². The third-order valence-corrected chi connectivity index (χ3v) is 8.68. The van der Waals surface area contributed by atoms with Crippen molar-refractivity contribution in [2.24, 2.45) is 0 Å². The van der Waals surface area contributed by atoms with Crippen LogP contribution in [0.25, 0.3) is 82.3 Å². The molecule has 9 aromatic rings. The molecule has 0 aliphatic rings. The molecule has 9 rings (SSSR count). The largest absolute Gasteiger partial charge is 0.309 e. The van der Waals surface area contributed by atoms with Gasteiger partial charge < -0.3 is 4.57 Å². The van der Waals surface area contributed by atoms with E-state index in [4.69, 9.17) is 4.98 Å². The van der Waals surface area contributed by atoms with Crippen LogP contribution in [0.5, 0.6) is 0 Å². The lowest BCUT2D eigenvalue weighted by molar-refractivity contribution is 1.18. The van der Waals surface area contributed by atoms with Gasteiger partial charge in [-0.15, -0.1) is 0 Å². The molecule has 0 amide bonds. The summed E-state index contributed by atoms with van der Waals surface area (Å²) < 4.78 is 2.37. The molecule has 0 radical (unpaired) electrons. The van der Waals surface area contributed by atoms with Gasteiger partial charge in [0.2, 0.25) is 0 Å². The van der Waals surface area contributed by atoms with Gasteiger partial charge in [0, 0.05) is 39.6 Å². The minimum atomic E-state index is 0.946. The van der Waals surface area contributed by atoms with E-state index in [1.807, 2.05) is 0 Å². The van der Waals surface area contributed by atoms with Crippen LogP contribution in [0.2, 0.25) is 0 Å². The first-order valence-electron chi connectivity index (χ1n) is 14.6. The maximum absolute atomic E-state index is 4.70. The van der Waals surface area contributed by atoms with E-state index in [0.29, 0.717) is 0 Å². The fraction of sp³-hybridized carbons (Fsp3) is 0. The molecule has 0 bridgehead atoms. The van der Waals surface area contributed by atoms with Crippen LogP contribution in [0, 0.1) is 0 Å². The van der Waals surface area contributed by atoms with Crippen molar-refractivity contribution < 1.29 is 0 Å². The normalized spacial score (nSPS) is 11.7. The van der Waals surface area contributed by atoms with E-state index in [1.54, 1.807) is 12.4 Å². The Morgan fingerprint density at radius 2 is 0.860 bits per heavy atom. The van der Waals surface area contributed by atoms with Gasteiger partial charge in [-0.1, -0.05) is 109 Å². The molecule has 0 aliphatic heterocycles. The summed E-state index contributed by atoms with van der Waals surface area (Å²) in [4.78, 5) is 9.37. The quantitative estimate of drug-likeness (QED) is 0.206. The van der Waals surface area contributed by atoms with Crippen LogP contribution < -0.4 is 0 Å². The Morgan fingerprint density at radius 1 is 0.349 bits per heavy atom. The van der Waals surface area contributed by atoms with Crippen molar-refractivity contribution in [3.63, 3.8) is 0 Å². The van der Waals surface area contributed by atoms with E-state index >= 15 is 0 Å². The van der Waals surface area contributed by atoms with Crippen molar-refractivity contribution in [3.05, 3.63) is 152 Å². The van der Waals surface area contributed by atoms with Crippen LogP contribution in [0.1, 0.15) is 0 Å². The van der Waals surface area contributed by atoms with Gasteiger partial charge in [0.1, 0.15) is 0 Å². The molecule has 0 saturated carbocycles. The first-order chi connectivity index (χ1) is 21.3. The van der Waals surface area contributed by atoms with E-state index in [1.165, 1.54) is 54.8 Å². The van der Waals surface area contributed by atoms with Gasteiger partial charge >= 0.3 is 0 Å². The van der Waals surface area contributed by atoms with Gasteiger partial charge in [0.25, 0.3) is 0 Å². The van der Waals surface area contributed by atoms with Gasteiger partial charge in [0.15, 0.2) is 0 Å². The molecule has 0 N–H and O–H groups in total. The monoisotopic (exact) mass is 547 g/mol. The summed E-state index contributed by atoms with van der Waals surface area (Å²) in [5.74, 6) is 0. The predicted octanol–water partition coefficient (Wildman–Crippen LogP) is 10.4. The molecule has 43 heavy (non-hydrogen) atoms. The van der Waals surface area contributed by atoms with Crippen LogP contribution >= 0.6 is 0 Å². The number of benzene rings is 7. The summed E-state index contributed by atoms with van der Waals surface area (Å²) in [6.07, 6.45) is 3.55. The molecule has 7 aromatic carbocycles. The van der Waals surface area contributed by atoms with Crippen molar-refractivity contribution in [1.82, 2.24) is 14.5 Å². The molecule has 0 saturated heterocycles. The minimum Gasteiger partial charge on any atom is -0.309 e. The molecule has 0 atom stereocenters. The lowest BCUT2D eigenvalue weighted by atomic mass is 9.94. The van der Waals surface area contributed by atoms with Crippen LogP contribution in [0.15, 0.2) is 152 Å². The number of hydrogen-bond donors (Lipinski definition) is 0. The molecule has 2 aromatic heterocycles. The second kappa shape index (κ2) is 9.37. The average Bonchev–Trinajstić information content (AvgIpc) is 3.43. The van der Waals surface area contributed by atoms with Gasteiger partial charge in [-0.05, 0) is 63.4 Å². The molecule has 0 spiro atoms. The number of para-hydroxylation sites is 2. The Balaban J connectivity index is 1.13. The summed E-state index contributed by atoms with van der Waals surface area (Å²) in [5, 5.41) is 7.21. The molecule has 3 nitrogen and oxygen atoms in total. The molecule has 0 fully saturated rings. The lowest BCUT2D eigenvalue weighted by Crippen LogP contribution is -1.94. The molecule has 0 unspecified atom stereocenters. The summed E-state index contributed by atoms with van der Waals surface area (Å²) >= 11 is 0. The number of aromatic nitrogens is 3. The lowest BCUT2D eigenvalue weighted by Gasteiger charge is -2.12. The first kappa shape index (κ1) is 23.9. The smallest absolute Gasteiger partial charge is 0.0971 e. The first-order valence-corrected chi connectivity index (χ1v) is 14.6. The molecule has 0 aliphatic carbocycles. The Labute approximate surface area is 248 Å². The molecule has 200 valence electrons. The zero-order valence-electron chi connectivity index (χ0n) is 23.3. The molecular formula is C40H25N3. The summed E-state index contributed by atoms with van der Waals surface area (Å²) in [6, 6.07) is 50.2. The van der Waals surface area contributed by atoms with E-state index in [2.05, 4.69) is 149 Å². The van der Waals surface area contributed by atoms with Crippen molar-refractivity contribution in [2.75, 3.05) is 0 Å². The highest BCUT2D eigenvalue weighted by Crippen LogP contribution is 2.37. The predicted molar refractivity (Wildman–Crippen MR) is 180 cm³/mol. The number of hydrogen-bond acceptors (Lipinski definition) is 2. The average molecular weight is 548 g/mol. The highest BCUT2D eigenvalue weighted by Gasteiger charge is 2.13. The Bertz CT molecular complexity index is 2420. The Morgan fingerprint density at radius 3 is 1.51 bits per heavy atom. The second-order valence-corrected chi connectivity index (χ2v) is 11.1. The van der Waals surface area contributed by atoms with Crippen molar-refractivity contribution >= 4 is 54.4 Å². The summed E-state index contributed by atoms with van der Waals surface area (Å²) in [6.45, 7) is 0. The highest BCUT2D eigenvalue weighted by atomic mass is 15.0. The Hall–Kier alpha value is -5.80. The maximum atomic E-state index is 4.70. The van der Waals surface area contributed by atoms with E-state index in [-0.39, 0.29) is 0 Å². The van der Waals surface area contributed by atoms with Crippen molar-refractivity contribution in [2.45, 2.75) is 0 Å². The summed E-state index contributed by atoms with van der Waals surface area (Å²) in [7, 11) is 0. The van der Waals surface area contributed by atoms with Gasteiger partial charge in [-0.2, -0.15) is 0 Å². The maximum Gasteiger partial charge on any atom is 0.0971 e. The van der Waals surface area contributed by atoms with E-state index in [0.717, 1.165) is 27.5 Å². The van der Waals surface area contributed by atoms with Crippen LogP contribution in [0.4, 0.5) is 0 Å². The molecule has 2 heterocycles. The Kier molecular flexibility index (Phi) is 5.20. The fourth-order valence-corrected chi connectivity index (χ4v) is 6.69. The number of rotatable bonds is 3. The number of fused-ring (bicyclic) bond motifs is 9. The zero-order valence-corrected chi connectivity index (χ0v) is 23.3. The SMILES string of the molecule is c1cc(-c2ccc(-c3ccc4c(c3)c3ccccc3c3nccnc43)cc2)cc(-n2c3ccccc3c3ccccc32)c1. The number of nitrogens with zero attached hydrogens (tertiary/aromatic N) is 3. The fourth-order valence-electron chi connectivity index (χ4n) is 6.69. The van der Waals surface area contributed by atoms with E-state index < -0.39 is 0 Å². The van der Waals surface area contributed by atoms with Gasteiger partial charge in [0.05, 0.1) is 22.1 Å². The zero-order chi connectivity index (χ0) is 28.3. The summed E-state index contributed by atoms with van der Waals surface area (Å²) in [5.41, 5.74) is 10.3. The van der Waals surface area contributed by atoms with Crippen molar-refractivity contribution in [3.8, 4) is 27.9 Å². The minimum absolute atomic E-state index is 0.946.